The van der Waals surface area contributed by atoms with Crippen LogP contribution in [0.25, 0.3) is 0 Å². The van der Waals surface area contributed by atoms with Crippen LogP contribution in [0.4, 0.5) is 0 Å². The van der Waals surface area contributed by atoms with Gasteiger partial charge in [-0.25, -0.2) is 0 Å². The maximum absolute atomic E-state index is 3.55. The summed E-state index contributed by atoms with van der Waals surface area (Å²) < 4.78 is 0. The van der Waals surface area contributed by atoms with Crippen molar-refractivity contribution >= 4 is 0 Å². The largest absolute Gasteiger partial charge is 0.0938 e. The molecule has 0 nitrogen and oxygen atoms in total. The molecule has 1 aliphatic rings. The Hall–Kier alpha value is -1.40. The fourth-order valence-electron chi connectivity index (χ4n) is 1.18. The Morgan fingerprint density at radius 3 is 1.58 bits per heavy atom. The van der Waals surface area contributed by atoms with Crippen LogP contribution in [0.2, 0.25) is 0 Å². The molecular weight excluding hydrogens is 144 g/mol. The Morgan fingerprint density at radius 1 is 0.917 bits per heavy atom. The first kappa shape index (κ1) is 8.69. The van der Waals surface area contributed by atoms with E-state index in [2.05, 4.69) is 36.8 Å². The number of rotatable bonds is 0. The topological polar surface area (TPSA) is 0 Å². The predicted octanol–water partition coefficient (Wildman–Crippen LogP) is 2.39. The van der Waals surface area contributed by atoms with Crippen molar-refractivity contribution in [3.05, 3.63) is 25.3 Å². The Labute approximate surface area is 74.4 Å². The highest BCUT2D eigenvalue weighted by molar-refractivity contribution is 5.24. The van der Waals surface area contributed by atoms with Crippen LogP contribution in [0.15, 0.2) is 25.3 Å². The van der Waals surface area contributed by atoms with Gasteiger partial charge in [-0.2, -0.15) is 0 Å². The smallest absolute Gasteiger partial charge is 0.0344 e. The summed E-state index contributed by atoms with van der Waals surface area (Å²) in [5.41, 5.74) is 0. The van der Waals surface area contributed by atoms with Crippen LogP contribution in [0.1, 0.15) is 12.8 Å². The highest BCUT2D eigenvalue weighted by Gasteiger charge is 2.27. The number of allylic oxidation sites excluding steroid dienone is 2. The van der Waals surface area contributed by atoms with Crippen LogP contribution in [-0.2, 0) is 0 Å². The van der Waals surface area contributed by atoms with E-state index in [9.17, 15) is 0 Å². The Morgan fingerprint density at radius 2 is 1.33 bits per heavy atom. The van der Waals surface area contributed by atoms with Crippen molar-refractivity contribution in [2.45, 2.75) is 12.8 Å². The van der Waals surface area contributed by atoms with E-state index in [1.807, 2.05) is 0 Å². The molecule has 2 atom stereocenters. The minimum absolute atomic E-state index is 0.468. The van der Waals surface area contributed by atoms with Gasteiger partial charge in [0, 0.05) is 11.8 Å². The van der Waals surface area contributed by atoms with Gasteiger partial charge < -0.3 is 0 Å². The van der Waals surface area contributed by atoms with Crippen LogP contribution in [0.5, 0.6) is 0 Å². The second-order valence-electron chi connectivity index (χ2n) is 2.78. The zero-order valence-electron chi connectivity index (χ0n) is 7.14. The van der Waals surface area contributed by atoms with E-state index in [0.29, 0.717) is 11.8 Å². The Kier molecular flexibility index (Phi) is 3.24. The second kappa shape index (κ2) is 4.47. The van der Waals surface area contributed by atoms with Gasteiger partial charge in [0.2, 0.25) is 0 Å². The van der Waals surface area contributed by atoms with Crippen LogP contribution >= 0.6 is 0 Å². The Balaban J connectivity index is 2.48. The van der Waals surface area contributed by atoms with Gasteiger partial charge in [0.05, 0.1) is 0 Å². The van der Waals surface area contributed by atoms with E-state index >= 15 is 0 Å². The monoisotopic (exact) mass is 156 g/mol. The van der Waals surface area contributed by atoms with Crippen LogP contribution < -0.4 is 0 Å². The van der Waals surface area contributed by atoms with E-state index in [0.717, 1.165) is 0 Å². The summed E-state index contributed by atoms with van der Waals surface area (Å²) in [6, 6.07) is 0. The van der Waals surface area contributed by atoms with Crippen molar-refractivity contribution in [3.63, 3.8) is 0 Å². The highest BCUT2D eigenvalue weighted by atomic mass is 14.3. The molecule has 0 spiro atoms. The molecule has 0 aliphatic heterocycles. The van der Waals surface area contributed by atoms with Gasteiger partial charge in [-0.3, -0.25) is 0 Å². The zero-order chi connectivity index (χ0) is 8.81. The van der Waals surface area contributed by atoms with Crippen molar-refractivity contribution < 1.29 is 0 Å². The third-order valence-corrected chi connectivity index (χ3v) is 2.02. The maximum atomic E-state index is 3.55. The molecule has 0 unspecified atom stereocenters. The zero-order valence-corrected chi connectivity index (χ0v) is 7.14. The van der Waals surface area contributed by atoms with Crippen LogP contribution in [0, 0.1) is 35.5 Å². The molecule has 0 aromatic rings. The highest BCUT2D eigenvalue weighted by Crippen LogP contribution is 2.32. The average molecular weight is 156 g/mol. The molecule has 0 radical (unpaired) electrons. The fraction of sp³-hybridized carbons (Fsp3) is 0.333. The molecule has 0 N–H and O–H groups in total. The van der Waals surface area contributed by atoms with Crippen LogP contribution in [-0.4, -0.2) is 0 Å². The van der Waals surface area contributed by atoms with Crippen molar-refractivity contribution in [2.24, 2.45) is 11.8 Å². The summed E-state index contributed by atoms with van der Waals surface area (Å²) in [4.78, 5) is 0. The second-order valence-corrected chi connectivity index (χ2v) is 2.78. The molecule has 60 valence electrons. The molecule has 1 rings (SSSR count). The molecule has 12 heavy (non-hydrogen) atoms. The lowest BCUT2D eigenvalue weighted by Crippen LogP contribution is -2.22. The molecule has 0 aromatic heterocycles. The third kappa shape index (κ3) is 2.04. The van der Waals surface area contributed by atoms with Gasteiger partial charge in [-0.1, -0.05) is 36.8 Å². The first-order chi connectivity index (χ1) is 5.88. The summed E-state index contributed by atoms with van der Waals surface area (Å²) in [5, 5.41) is 0. The summed E-state index contributed by atoms with van der Waals surface area (Å²) in [6.07, 6.45) is 5.63. The molecule has 0 saturated heterocycles. The van der Waals surface area contributed by atoms with Gasteiger partial charge in [0.15, 0.2) is 0 Å². The standard InChI is InChI=1S/C12H12/c1-3-5-7-11-9-10-12(11)8-6-4-2/h3-4,11-12H,1-2,9-10H2/t11-,12-/m0/s1. The van der Waals surface area contributed by atoms with E-state index in [1.165, 1.54) is 12.8 Å². The lowest BCUT2D eigenvalue weighted by atomic mass is 9.74. The summed E-state index contributed by atoms with van der Waals surface area (Å²) in [7, 11) is 0. The molecule has 0 aromatic carbocycles. The molecule has 1 saturated carbocycles. The molecule has 1 fully saturated rings. The molecule has 0 amide bonds. The van der Waals surface area contributed by atoms with Crippen molar-refractivity contribution in [3.8, 4) is 23.7 Å². The van der Waals surface area contributed by atoms with Crippen LogP contribution in [0.3, 0.4) is 0 Å². The maximum Gasteiger partial charge on any atom is 0.0344 e. The summed E-state index contributed by atoms with van der Waals surface area (Å²) in [6.45, 7) is 7.10. The predicted molar refractivity (Wildman–Crippen MR) is 52.2 cm³/mol. The SMILES string of the molecule is C=CC#C[C@H]1CC[C@@H]1C#CC=C. The minimum atomic E-state index is 0.468. The Bertz CT molecular complexity index is 255. The van der Waals surface area contributed by atoms with E-state index < -0.39 is 0 Å². The van der Waals surface area contributed by atoms with Crippen molar-refractivity contribution in [2.75, 3.05) is 0 Å². The minimum Gasteiger partial charge on any atom is -0.0938 e. The number of hydrogen-bond acceptors (Lipinski definition) is 0. The van der Waals surface area contributed by atoms with E-state index in [4.69, 9.17) is 0 Å². The van der Waals surface area contributed by atoms with Gasteiger partial charge in [-0.05, 0) is 25.0 Å². The molecule has 1 aliphatic carbocycles. The van der Waals surface area contributed by atoms with Gasteiger partial charge in [0.1, 0.15) is 0 Å². The van der Waals surface area contributed by atoms with E-state index in [-0.39, 0.29) is 0 Å². The summed E-state index contributed by atoms with van der Waals surface area (Å²) >= 11 is 0. The van der Waals surface area contributed by atoms with Gasteiger partial charge >= 0.3 is 0 Å². The average Bonchev–Trinajstić information content (AvgIpc) is 2.04. The third-order valence-electron chi connectivity index (χ3n) is 2.02. The first-order valence-corrected chi connectivity index (χ1v) is 4.12. The van der Waals surface area contributed by atoms with Gasteiger partial charge in [-0.15, -0.1) is 0 Å². The summed E-state index contributed by atoms with van der Waals surface area (Å²) in [5.74, 6) is 12.9. The lowest BCUT2D eigenvalue weighted by Gasteiger charge is -2.27. The van der Waals surface area contributed by atoms with Gasteiger partial charge in [0.25, 0.3) is 0 Å². The van der Waals surface area contributed by atoms with Crippen molar-refractivity contribution in [1.29, 1.82) is 0 Å². The quantitative estimate of drug-likeness (QED) is 0.472. The molecule has 0 bridgehead atoms. The lowest BCUT2D eigenvalue weighted by molar-refractivity contribution is 0.310. The molecule has 0 heteroatoms. The fourth-order valence-corrected chi connectivity index (χ4v) is 1.18. The number of hydrogen-bond donors (Lipinski definition) is 0. The normalized spacial score (nSPS) is 25.0. The van der Waals surface area contributed by atoms with Crippen molar-refractivity contribution in [1.82, 2.24) is 0 Å². The molecule has 0 heterocycles. The van der Waals surface area contributed by atoms with E-state index in [1.54, 1.807) is 12.2 Å². The first-order valence-electron chi connectivity index (χ1n) is 4.12. The molecular formula is C12H12.